The molecule has 0 bridgehead atoms. The largest absolute Gasteiger partial charge is 0.486 e. The monoisotopic (exact) mass is 333 g/mol. The molecule has 1 aliphatic rings. The number of rotatable bonds is 4. The lowest BCUT2D eigenvalue weighted by atomic mass is 10.2. The van der Waals surface area contributed by atoms with E-state index in [1.54, 1.807) is 0 Å². The zero-order valence-corrected chi connectivity index (χ0v) is 12.6. The van der Waals surface area contributed by atoms with Gasteiger partial charge < -0.3 is 14.8 Å². The Kier molecular flexibility index (Phi) is 4.23. The van der Waals surface area contributed by atoms with E-state index >= 15 is 0 Å². The van der Waals surface area contributed by atoms with Crippen LogP contribution in [0.25, 0.3) is 0 Å². The molecule has 2 aromatic rings. The van der Waals surface area contributed by atoms with Crippen LogP contribution in [-0.2, 0) is 6.54 Å². The molecule has 0 spiro atoms. The van der Waals surface area contributed by atoms with E-state index < -0.39 is 0 Å². The van der Waals surface area contributed by atoms with Gasteiger partial charge in [0, 0.05) is 17.6 Å². The van der Waals surface area contributed by atoms with Gasteiger partial charge in [0.1, 0.15) is 12.7 Å². The lowest BCUT2D eigenvalue weighted by molar-refractivity contribution is 0.0902. The maximum absolute atomic E-state index is 5.90. The molecule has 20 heavy (non-hydrogen) atoms. The molecule has 2 aromatic carbocycles. The predicted molar refractivity (Wildman–Crippen MR) is 82.2 cm³/mol. The summed E-state index contributed by atoms with van der Waals surface area (Å²) in [7, 11) is 0. The normalized spacial score (nSPS) is 16.9. The highest BCUT2D eigenvalue weighted by Crippen LogP contribution is 2.30. The smallest absolute Gasteiger partial charge is 0.161 e. The van der Waals surface area contributed by atoms with Crippen LogP contribution in [-0.4, -0.2) is 19.3 Å². The third-order valence-electron chi connectivity index (χ3n) is 3.16. The molecule has 1 N–H and O–H groups in total. The van der Waals surface area contributed by atoms with Gasteiger partial charge in [-0.2, -0.15) is 0 Å². The van der Waals surface area contributed by atoms with Crippen LogP contribution < -0.4 is 14.8 Å². The molecule has 0 fully saturated rings. The van der Waals surface area contributed by atoms with Crippen LogP contribution in [0, 0.1) is 0 Å². The minimum atomic E-state index is 0.0528. The van der Waals surface area contributed by atoms with Crippen LogP contribution in [0.4, 0.5) is 0 Å². The van der Waals surface area contributed by atoms with Gasteiger partial charge in [-0.15, -0.1) is 0 Å². The Balaban J connectivity index is 1.51. The minimum absolute atomic E-state index is 0.0528. The lowest BCUT2D eigenvalue weighted by Crippen LogP contribution is -2.38. The molecular weight excluding hydrogens is 318 g/mol. The molecule has 0 saturated carbocycles. The fraction of sp³-hybridized carbons (Fsp3) is 0.250. The SMILES string of the molecule is Brc1cccc(CNCC2COc3ccccc3O2)c1. The highest BCUT2D eigenvalue weighted by molar-refractivity contribution is 9.10. The first-order chi connectivity index (χ1) is 9.81. The molecule has 0 radical (unpaired) electrons. The molecule has 1 heterocycles. The molecule has 1 unspecified atom stereocenters. The van der Waals surface area contributed by atoms with Crippen molar-refractivity contribution in [1.82, 2.24) is 5.32 Å². The maximum Gasteiger partial charge on any atom is 0.161 e. The van der Waals surface area contributed by atoms with Crippen molar-refractivity contribution in [2.75, 3.05) is 13.2 Å². The van der Waals surface area contributed by atoms with Crippen molar-refractivity contribution in [1.29, 1.82) is 0 Å². The molecule has 104 valence electrons. The molecule has 1 aliphatic heterocycles. The van der Waals surface area contributed by atoms with Gasteiger partial charge in [-0.05, 0) is 29.8 Å². The Hall–Kier alpha value is -1.52. The number of fused-ring (bicyclic) bond motifs is 1. The molecule has 1 atom stereocenters. The molecular formula is C16H16BrNO2. The number of nitrogens with one attached hydrogen (secondary N) is 1. The zero-order valence-electron chi connectivity index (χ0n) is 11.0. The summed E-state index contributed by atoms with van der Waals surface area (Å²) in [6.45, 7) is 2.17. The first kappa shape index (κ1) is 13.5. The van der Waals surface area contributed by atoms with Gasteiger partial charge in [-0.1, -0.05) is 40.2 Å². The number of ether oxygens (including phenoxy) is 2. The number of hydrogen-bond acceptors (Lipinski definition) is 3. The third kappa shape index (κ3) is 3.32. The number of hydrogen-bond donors (Lipinski definition) is 1. The number of benzene rings is 2. The van der Waals surface area contributed by atoms with Gasteiger partial charge in [0.2, 0.25) is 0 Å². The molecule has 0 aromatic heterocycles. The second-order valence-electron chi connectivity index (χ2n) is 4.76. The summed E-state index contributed by atoms with van der Waals surface area (Å²) in [5.74, 6) is 1.66. The van der Waals surface area contributed by atoms with Crippen molar-refractivity contribution < 1.29 is 9.47 Å². The van der Waals surface area contributed by atoms with Crippen LogP contribution in [0.5, 0.6) is 11.5 Å². The van der Waals surface area contributed by atoms with Crippen LogP contribution in [0.1, 0.15) is 5.56 Å². The molecule has 0 amide bonds. The molecule has 0 aliphatic carbocycles. The summed E-state index contributed by atoms with van der Waals surface area (Å²) in [6, 6.07) is 16.1. The van der Waals surface area contributed by atoms with Crippen molar-refractivity contribution in [2.45, 2.75) is 12.6 Å². The van der Waals surface area contributed by atoms with Crippen LogP contribution in [0.15, 0.2) is 53.0 Å². The highest BCUT2D eigenvalue weighted by Gasteiger charge is 2.19. The van der Waals surface area contributed by atoms with Gasteiger partial charge >= 0.3 is 0 Å². The molecule has 0 saturated heterocycles. The van der Waals surface area contributed by atoms with Gasteiger partial charge in [0.15, 0.2) is 11.5 Å². The van der Waals surface area contributed by atoms with Gasteiger partial charge in [0.05, 0.1) is 0 Å². The maximum atomic E-state index is 5.90. The van der Waals surface area contributed by atoms with Crippen molar-refractivity contribution in [3.05, 3.63) is 58.6 Å². The van der Waals surface area contributed by atoms with Crippen molar-refractivity contribution in [3.8, 4) is 11.5 Å². The van der Waals surface area contributed by atoms with E-state index in [2.05, 4.69) is 33.4 Å². The first-order valence-corrected chi connectivity index (χ1v) is 7.44. The van der Waals surface area contributed by atoms with Crippen molar-refractivity contribution in [3.63, 3.8) is 0 Å². The van der Waals surface area contributed by atoms with E-state index in [-0.39, 0.29) is 6.10 Å². The number of halogens is 1. The quantitative estimate of drug-likeness (QED) is 0.930. The van der Waals surface area contributed by atoms with E-state index in [1.165, 1.54) is 5.56 Å². The predicted octanol–water partition coefficient (Wildman–Crippen LogP) is 3.38. The zero-order chi connectivity index (χ0) is 13.8. The van der Waals surface area contributed by atoms with Crippen LogP contribution in [0.3, 0.4) is 0 Å². The summed E-state index contributed by atoms with van der Waals surface area (Å²) < 4.78 is 12.7. The van der Waals surface area contributed by atoms with E-state index in [0.717, 1.165) is 29.1 Å². The second kappa shape index (κ2) is 6.29. The minimum Gasteiger partial charge on any atom is -0.486 e. The average Bonchev–Trinajstić information content (AvgIpc) is 2.47. The fourth-order valence-corrected chi connectivity index (χ4v) is 2.63. The van der Waals surface area contributed by atoms with Crippen LogP contribution >= 0.6 is 15.9 Å². The number of para-hydroxylation sites is 2. The van der Waals surface area contributed by atoms with E-state index in [4.69, 9.17) is 9.47 Å². The Bertz CT molecular complexity index is 588. The second-order valence-corrected chi connectivity index (χ2v) is 5.67. The van der Waals surface area contributed by atoms with Gasteiger partial charge in [-0.25, -0.2) is 0 Å². The van der Waals surface area contributed by atoms with Crippen molar-refractivity contribution >= 4 is 15.9 Å². The summed E-state index contributed by atoms with van der Waals surface area (Å²) in [6.07, 6.45) is 0.0528. The average molecular weight is 334 g/mol. The summed E-state index contributed by atoms with van der Waals surface area (Å²) >= 11 is 3.48. The van der Waals surface area contributed by atoms with E-state index in [9.17, 15) is 0 Å². The van der Waals surface area contributed by atoms with Gasteiger partial charge in [-0.3, -0.25) is 0 Å². The fourth-order valence-electron chi connectivity index (χ4n) is 2.19. The van der Waals surface area contributed by atoms with E-state index in [0.29, 0.717) is 6.61 Å². The Labute approximate surface area is 127 Å². The molecule has 4 heteroatoms. The standard InChI is InChI=1S/C16H16BrNO2/c17-13-5-3-4-12(8-13)9-18-10-14-11-19-15-6-1-2-7-16(15)20-14/h1-8,14,18H,9-11H2. The summed E-state index contributed by atoms with van der Waals surface area (Å²) in [5, 5.41) is 3.40. The third-order valence-corrected chi connectivity index (χ3v) is 3.65. The topological polar surface area (TPSA) is 30.5 Å². The Morgan fingerprint density at radius 3 is 2.80 bits per heavy atom. The highest BCUT2D eigenvalue weighted by atomic mass is 79.9. The molecule has 3 rings (SSSR count). The van der Waals surface area contributed by atoms with Crippen molar-refractivity contribution in [2.24, 2.45) is 0 Å². The van der Waals surface area contributed by atoms with Gasteiger partial charge in [0.25, 0.3) is 0 Å². The lowest BCUT2D eigenvalue weighted by Gasteiger charge is -2.26. The Morgan fingerprint density at radius 1 is 1.10 bits per heavy atom. The van der Waals surface area contributed by atoms with E-state index in [1.807, 2.05) is 36.4 Å². The van der Waals surface area contributed by atoms with Crippen LogP contribution in [0.2, 0.25) is 0 Å². The summed E-state index contributed by atoms with van der Waals surface area (Å²) in [5.41, 5.74) is 1.25. The Morgan fingerprint density at radius 2 is 1.95 bits per heavy atom. The molecule has 3 nitrogen and oxygen atoms in total. The summed E-state index contributed by atoms with van der Waals surface area (Å²) in [4.78, 5) is 0. The first-order valence-electron chi connectivity index (χ1n) is 6.65.